The summed E-state index contributed by atoms with van der Waals surface area (Å²) in [5.41, 5.74) is 0.219. The van der Waals surface area contributed by atoms with Crippen molar-refractivity contribution < 1.29 is 13.6 Å². The lowest BCUT2D eigenvalue weighted by atomic mass is 10.2. The van der Waals surface area contributed by atoms with Gasteiger partial charge in [0.05, 0.1) is 12.3 Å². The number of piperazine rings is 1. The minimum absolute atomic E-state index is 0.165. The average molecular weight is 393 g/mol. The molecule has 4 rings (SSSR count). The molecule has 0 unspecified atom stereocenters. The van der Waals surface area contributed by atoms with Crippen molar-refractivity contribution in [3.63, 3.8) is 0 Å². The number of rotatable bonds is 5. The fraction of sp³-hybridized carbons (Fsp3) is 0.316. The van der Waals surface area contributed by atoms with E-state index in [-0.39, 0.29) is 29.5 Å². The van der Waals surface area contributed by atoms with Gasteiger partial charge in [-0.05, 0) is 25.1 Å². The van der Waals surface area contributed by atoms with Gasteiger partial charge in [0.1, 0.15) is 6.07 Å². The van der Waals surface area contributed by atoms with Gasteiger partial charge in [-0.15, -0.1) is 0 Å². The number of hydrogen-bond acceptors (Lipinski definition) is 9. The Bertz CT molecular complexity index is 1000. The van der Waals surface area contributed by atoms with Gasteiger partial charge in [-0.3, -0.25) is 15.0 Å². The number of nitrogens with zero attached hydrogens (tertiary/aromatic N) is 6. The van der Waals surface area contributed by atoms with Crippen LogP contribution >= 0.6 is 0 Å². The highest BCUT2D eigenvalue weighted by Crippen LogP contribution is 2.29. The third kappa shape index (κ3) is 3.95. The summed E-state index contributed by atoms with van der Waals surface area (Å²) in [7, 11) is 0. The zero-order valence-corrected chi connectivity index (χ0v) is 15.8. The number of nitriles is 1. The number of nitrogens with one attached hydrogen (secondary N) is 1. The minimum Gasteiger partial charge on any atom is -0.459 e. The molecule has 3 aromatic rings. The van der Waals surface area contributed by atoms with Crippen LogP contribution < -0.4 is 10.2 Å². The molecule has 0 radical (unpaired) electrons. The van der Waals surface area contributed by atoms with Crippen molar-refractivity contribution in [1.29, 1.82) is 5.26 Å². The summed E-state index contributed by atoms with van der Waals surface area (Å²) in [6.07, 6.45) is 4.68. The maximum Gasteiger partial charge on any atom is 0.266 e. The van der Waals surface area contributed by atoms with Crippen molar-refractivity contribution in [2.24, 2.45) is 0 Å². The number of furan rings is 1. The molecule has 1 aliphatic rings. The molecule has 0 aromatic carbocycles. The van der Waals surface area contributed by atoms with Gasteiger partial charge in [-0.1, -0.05) is 0 Å². The minimum atomic E-state index is -0.343. The summed E-state index contributed by atoms with van der Waals surface area (Å²) in [5.74, 6) is 1.30. The largest absolute Gasteiger partial charge is 0.459 e. The molecule has 10 heteroatoms. The SMILES string of the molecule is C[C@@H](C(=O)Nc1ncccn1)N1CCN(c2oc(-c3ccco3)nc2C#N)CC1. The van der Waals surface area contributed by atoms with E-state index in [2.05, 4.69) is 31.2 Å². The Hall–Kier alpha value is -3.71. The van der Waals surface area contributed by atoms with E-state index in [9.17, 15) is 10.1 Å². The summed E-state index contributed by atoms with van der Waals surface area (Å²) in [6, 6.07) is 6.88. The highest BCUT2D eigenvalue weighted by molar-refractivity contribution is 5.93. The Kier molecular flexibility index (Phi) is 5.22. The third-order valence-corrected chi connectivity index (χ3v) is 4.78. The fourth-order valence-corrected chi connectivity index (χ4v) is 3.16. The Morgan fingerprint density at radius 2 is 2.00 bits per heavy atom. The highest BCUT2D eigenvalue weighted by Gasteiger charge is 2.29. The smallest absolute Gasteiger partial charge is 0.266 e. The number of anilines is 2. The number of hydrogen-bond donors (Lipinski definition) is 1. The Labute approximate surface area is 166 Å². The third-order valence-electron chi connectivity index (χ3n) is 4.78. The molecule has 1 N–H and O–H groups in total. The quantitative estimate of drug-likeness (QED) is 0.690. The van der Waals surface area contributed by atoms with Crippen molar-refractivity contribution in [2.45, 2.75) is 13.0 Å². The second-order valence-electron chi connectivity index (χ2n) is 6.52. The molecule has 3 aromatic heterocycles. The number of oxazole rings is 1. The molecule has 0 bridgehead atoms. The van der Waals surface area contributed by atoms with Crippen molar-refractivity contribution in [3.8, 4) is 17.7 Å². The van der Waals surface area contributed by atoms with Gasteiger partial charge in [0, 0.05) is 38.6 Å². The first-order chi connectivity index (χ1) is 14.2. The van der Waals surface area contributed by atoms with E-state index < -0.39 is 0 Å². The first kappa shape index (κ1) is 18.6. The summed E-state index contributed by atoms with van der Waals surface area (Å²) in [6.45, 7) is 4.30. The van der Waals surface area contributed by atoms with E-state index in [1.807, 2.05) is 11.8 Å². The normalized spacial score (nSPS) is 15.7. The van der Waals surface area contributed by atoms with Crippen LogP contribution in [0.3, 0.4) is 0 Å². The standard InChI is InChI=1S/C19H19N7O3/c1-13(16(27)24-19-21-5-3-6-22-19)25-7-9-26(10-8-25)18-14(12-20)23-17(29-18)15-4-2-11-28-15/h2-6,11,13H,7-10H2,1H3,(H,21,22,24,27)/t13-/m0/s1. The van der Waals surface area contributed by atoms with Crippen LogP contribution in [0.5, 0.6) is 0 Å². The molecule has 1 aliphatic heterocycles. The lowest BCUT2D eigenvalue weighted by molar-refractivity contribution is -0.120. The van der Waals surface area contributed by atoms with Gasteiger partial charge in [0.25, 0.3) is 5.89 Å². The van der Waals surface area contributed by atoms with Gasteiger partial charge in [-0.25, -0.2) is 9.97 Å². The Morgan fingerprint density at radius 3 is 2.66 bits per heavy atom. The van der Waals surface area contributed by atoms with Gasteiger partial charge < -0.3 is 13.7 Å². The average Bonchev–Trinajstić information content (AvgIpc) is 3.44. The molecule has 148 valence electrons. The fourth-order valence-electron chi connectivity index (χ4n) is 3.16. The van der Waals surface area contributed by atoms with Crippen LogP contribution in [-0.2, 0) is 4.79 Å². The van der Waals surface area contributed by atoms with Crippen LogP contribution in [0.25, 0.3) is 11.7 Å². The van der Waals surface area contributed by atoms with Crippen molar-refractivity contribution >= 4 is 17.7 Å². The van der Waals surface area contributed by atoms with E-state index in [1.54, 1.807) is 30.6 Å². The first-order valence-electron chi connectivity index (χ1n) is 9.17. The van der Waals surface area contributed by atoms with Gasteiger partial charge in [-0.2, -0.15) is 10.2 Å². The zero-order chi connectivity index (χ0) is 20.2. The predicted octanol–water partition coefficient (Wildman–Crippen LogP) is 1.75. The van der Waals surface area contributed by atoms with Crippen molar-refractivity contribution in [2.75, 3.05) is 36.4 Å². The van der Waals surface area contributed by atoms with Crippen LogP contribution in [0.1, 0.15) is 12.6 Å². The zero-order valence-electron chi connectivity index (χ0n) is 15.8. The van der Waals surface area contributed by atoms with Gasteiger partial charge >= 0.3 is 0 Å². The lowest BCUT2D eigenvalue weighted by Crippen LogP contribution is -2.53. The van der Waals surface area contributed by atoms with Crippen LogP contribution in [0.15, 0.2) is 45.7 Å². The second-order valence-corrected chi connectivity index (χ2v) is 6.52. The van der Waals surface area contributed by atoms with Crippen molar-refractivity contribution in [3.05, 3.63) is 42.5 Å². The number of amides is 1. The molecule has 0 aliphatic carbocycles. The number of aromatic nitrogens is 3. The van der Waals surface area contributed by atoms with Crippen LogP contribution in [0.2, 0.25) is 0 Å². The summed E-state index contributed by atoms with van der Waals surface area (Å²) in [5, 5.41) is 12.1. The summed E-state index contributed by atoms with van der Waals surface area (Å²) < 4.78 is 11.1. The maximum absolute atomic E-state index is 12.5. The molecule has 1 saturated heterocycles. The molecule has 1 atom stereocenters. The molecule has 0 saturated carbocycles. The van der Waals surface area contributed by atoms with E-state index in [4.69, 9.17) is 8.83 Å². The van der Waals surface area contributed by atoms with E-state index in [0.29, 0.717) is 37.8 Å². The Balaban J connectivity index is 1.39. The van der Waals surface area contributed by atoms with Crippen molar-refractivity contribution in [1.82, 2.24) is 19.9 Å². The predicted molar refractivity (Wildman–Crippen MR) is 103 cm³/mol. The summed E-state index contributed by atoms with van der Waals surface area (Å²) in [4.78, 5) is 28.7. The first-order valence-corrected chi connectivity index (χ1v) is 9.17. The molecule has 0 spiro atoms. The molecule has 4 heterocycles. The molecule has 1 fully saturated rings. The molecular formula is C19H19N7O3. The molecular weight excluding hydrogens is 374 g/mol. The number of carbonyl (C=O) groups is 1. The lowest BCUT2D eigenvalue weighted by Gasteiger charge is -2.37. The maximum atomic E-state index is 12.5. The van der Waals surface area contributed by atoms with Crippen LogP contribution in [0.4, 0.5) is 11.8 Å². The second kappa shape index (κ2) is 8.12. The van der Waals surface area contributed by atoms with Gasteiger partial charge in [0.2, 0.25) is 23.4 Å². The molecule has 10 nitrogen and oxygen atoms in total. The highest BCUT2D eigenvalue weighted by atomic mass is 16.4. The van der Waals surface area contributed by atoms with E-state index in [1.165, 1.54) is 6.26 Å². The monoisotopic (exact) mass is 393 g/mol. The van der Waals surface area contributed by atoms with E-state index >= 15 is 0 Å². The summed E-state index contributed by atoms with van der Waals surface area (Å²) >= 11 is 0. The number of carbonyl (C=O) groups excluding carboxylic acids is 1. The molecule has 1 amide bonds. The topological polar surface area (TPSA) is 124 Å². The van der Waals surface area contributed by atoms with E-state index in [0.717, 1.165) is 0 Å². The Morgan fingerprint density at radius 1 is 1.24 bits per heavy atom. The van der Waals surface area contributed by atoms with Gasteiger partial charge in [0.15, 0.2) is 5.76 Å². The van der Waals surface area contributed by atoms with Crippen LogP contribution in [0, 0.1) is 11.3 Å². The van der Waals surface area contributed by atoms with Crippen LogP contribution in [-0.4, -0.2) is 58.0 Å². The molecule has 29 heavy (non-hydrogen) atoms.